The maximum atomic E-state index is 12.9. The molecule has 1 aromatic carbocycles. The molecule has 0 aromatic heterocycles. The molecule has 1 saturated heterocycles. The third-order valence-corrected chi connectivity index (χ3v) is 5.69. The Hall–Kier alpha value is -1.59. The van der Waals surface area contributed by atoms with Crippen LogP contribution in [0.1, 0.15) is 36.8 Å². The summed E-state index contributed by atoms with van der Waals surface area (Å²) in [5, 5.41) is 13.3. The Kier molecular flexibility index (Phi) is 5.07. The topological polar surface area (TPSA) is 55.8 Å². The Labute approximate surface area is 151 Å². The zero-order chi connectivity index (χ0) is 18.1. The highest BCUT2D eigenvalue weighted by atomic mass is 16.3. The Bertz CT molecular complexity index is 627. The highest BCUT2D eigenvalue weighted by Gasteiger charge is 2.48. The molecule has 1 heterocycles. The second kappa shape index (κ2) is 6.96. The molecule has 25 heavy (non-hydrogen) atoms. The highest BCUT2D eigenvalue weighted by molar-refractivity contribution is 5.76. The van der Waals surface area contributed by atoms with Gasteiger partial charge >= 0.3 is 6.03 Å². The van der Waals surface area contributed by atoms with E-state index < -0.39 is 0 Å². The van der Waals surface area contributed by atoms with Gasteiger partial charge in [-0.1, -0.05) is 24.3 Å². The lowest BCUT2D eigenvalue weighted by atomic mass is 9.80. The average Bonchev–Trinajstić information content (AvgIpc) is 3.35. The number of piperidine rings is 1. The summed E-state index contributed by atoms with van der Waals surface area (Å²) in [5.74, 6) is 0. The first kappa shape index (κ1) is 18.2. The molecule has 2 fully saturated rings. The van der Waals surface area contributed by atoms with Crippen LogP contribution in [0.3, 0.4) is 0 Å². The quantitative estimate of drug-likeness (QED) is 0.861. The van der Waals surface area contributed by atoms with Gasteiger partial charge in [-0.2, -0.15) is 0 Å². The van der Waals surface area contributed by atoms with E-state index in [4.69, 9.17) is 0 Å². The number of nitrogens with zero attached hydrogens (tertiary/aromatic N) is 2. The van der Waals surface area contributed by atoms with Gasteiger partial charge in [0.25, 0.3) is 0 Å². The summed E-state index contributed by atoms with van der Waals surface area (Å²) in [6.07, 6.45) is 3.91. The number of hydrogen-bond donors (Lipinski definition) is 2. The van der Waals surface area contributed by atoms with Crippen LogP contribution in [0, 0.1) is 12.3 Å². The number of rotatable bonds is 5. The van der Waals surface area contributed by atoms with E-state index in [0.29, 0.717) is 6.54 Å². The highest BCUT2D eigenvalue weighted by Crippen LogP contribution is 2.47. The van der Waals surface area contributed by atoms with Gasteiger partial charge in [0.05, 0.1) is 12.1 Å². The van der Waals surface area contributed by atoms with Crippen molar-refractivity contribution >= 4 is 6.03 Å². The Morgan fingerprint density at radius 3 is 2.60 bits per heavy atom. The SMILES string of the molecule is Cc1ccccc1C1(NC(=O)N2CCC[C@@](CO)(CN(C)C)C2)CC1. The van der Waals surface area contributed by atoms with Gasteiger partial charge in [-0.15, -0.1) is 0 Å². The first-order valence-corrected chi connectivity index (χ1v) is 9.29. The maximum absolute atomic E-state index is 12.9. The lowest BCUT2D eigenvalue weighted by Crippen LogP contribution is -2.55. The number of nitrogens with one attached hydrogen (secondary N) is 1. The van der Waals surface area contributed by atoms with E-state index >= 15 is 0 Å². The van der Waals surface area contributed by atoms with Gasteiger partial charge in [-0.25, -0.2) is 4.79 Å². The molecule has 1 aromatic rings. The van der Waals surface area contributed by atoms with E-state index in [-0.39, 0.29) is 23.6 Å². The normalized spacial score (nSPS) is 25.1. The fourth-order valence-electron chi connectivity index (χ4n) is 4.34. The van der Waals surface area contributed by atoms with Crippen molar-refractivity contribution in [3.05, 3.63) is 35.4 Å². The number of benzene rings is 1. The van der Waals surface area contributed by atoms with E-state index in [1.54, 1.807) is 0 Å². The molecule has 2 N–H and O–H groups in total. The number of carbonyl (C=O) groups excluding carboxylic acids is 1. The smallest absolute Gasteiger partial charge is 0.318 e. The zero-order valence-corrected chi connectivity index (χ0v) is 15.7. The van der Waals surface area contributed by atoms with Crippen molar-refractivity contribution in [2.45, 2.75) is 38.1 Å². The number of carbonyl (C=O) groups is 1. The lowest BCUT2D eigenvalue weighted by molar-refractivity contribution is 0.0265. The molecule has 2 amide bonds. The van der Waals surface area contributed by atoms with Crippen molar-refractivity contribution in [3.8, 4) is 0 Å². The predicted molar refractivity (Wildman–Crippen MR) is 99.5 cm³/mol. The van der Waals surface area contributed by atoms with Gasteiger partial charge in [-0.05, 0) is 57.8 Å². The Morgan fingerprint density at radius 1 is 1.28 bits per heavy atom. The molecular formula is C20H31N3O2. The summed E-state index contributed by atoms with van der Waals surface area (Å²) >= 11 is 0. The number of aliphatic hydroxyl groups excluding tert-OH is 1. The Balaban J connectivity index is 1.70. The largest absolute Gasteiger partial charge is 0.396 e. The molecule has 5 nitrogen and oxygen atoms in total. The first-order valence-electron chi connectivity index (χ1n) is 9.29. The predicted octanol–water partition coefficient (Wildman–Crippen LogP) is 2.33. The van der Waals surface area contributed by atoms with E-state index in [2.05, 4.69) is 29.3 Å². The number of likely N-dealkylation sites (tertiary alicyclic amines) is 1. The fourth-order valence-corrected chi connectivity index (χ4v) is 4.34. The summed E-state index contributed by atoms with van der Waals surface area (Å²) in [6.45, 7) is 4.42. The van der Waals surface area contributed by atoms with Crippen LogP contribution in [0.5, 0.6) is 0 Å². The molecule has 0 bridgehead atoms. The number of hydrogen-bond acceptors (Lipinski definition) is 3. The fraction of sp³-hybridized carbons (Fsp3) is 0.650. The third-order valence-electron chi connectivity index (χ3n) is 5.69. The third kappa shape index (κ3) is 3.82. The van der Waals surface area contributed by atoms with Crippen molar-refractivity contribution in [1.29, 1.82) is 0 Å². The molecule has 0 radical (unpaired) electrons. The van der Waals surface area contributed by atoms with Gasteiger partial charge in [-0.3, -0.25) is 0 Å². The van der Waals surface area contributed by atoms with E-state index in [1.165, 1.54) is 11.1 Å². The van der Waals surface area contributed by atoms with Crippen molar-refractivity contribution in [2.75, 3.05) is 40.3 Å². The van der Waals surface area contributed by atoms with Crippen LogP contribution in [0.4, 0.5) is 4.79 Å². The van der Waals surface area contributed by atoms with Crippen LogP contribution in [0.15, 0.2) is 24.3 Å². The molecule has 138 valence electrons. The lowest BCUT2D eigenvalue weighted by Gasteiger charge is -2.43. The van der Waals surface area contributed by atoms with E-state index in [9.17, 15) is 9.90 Å². The number of amides is 2. The van der Waals surface area contributed by atoms with Crippen LogP contribution >= 0.6 is 0 Å². The van der Waals surface area contributed by atoms with Crippen molar-refractivity contribution in [2.24, 2.45) is 5.41 Å². The van der Waals surface area contributed by atoms with E-state index in [0.717, 1.165) is 38.8 Å². The van der Waals surface area contributed by atoms with Crippen LogP contribution < -0.4 is 5.32 Å². The molecule has 0 spiro atoms. The van der Waals surface area contributed by atoms with Crippen LogP contribution in [-0.4, -0.2) is 61.3 Å². The molecule has 1 saturated carbocycles. The molecule has 1 atom stereocenters. The van der Waals surface area contributed by atoms with Gasteiger partial charge in [0.15, 0.2) is 0 Å². The number of aryl methyl sites for hydroxylation is 1. The van der Waals surface area contributed by atoms with Crippen molar-refractivity contribution in [1.82, 2.24) is 15.1 Å². The number of aliphatic hydroxyl groups is 1. The second-order valence-corrected chi connectivity index (χ2v) is 8.25. The summed E-state index contributed by atoms with van der Waals surface area (Å²) < 4.78 is 0. The van der Waals surface area contributed by atoms with Crippen LogP contribution in [-0.2, 0) is 5.54 Å². The summed E-state index contributed by atoms with van der Waals surface area (Å²) in [5.41, 5.74) is 2.07. The maximum Gasteiger partial charge on any atom is 0.318 e. The van der Waals surface area contributed by atoms with Gasteiger partial charge in [0, 0.05) is 25.0 Å². The van der Waals surface area contributed by atoms with Gasteiger partial charge < -0.3 is 20.2 Å². The molecule has 5 heteroatoms. The summed E-state index contributed by atoms with van der Waals surface area (Å²) in [6, 6.07) is 8.33. The minimum absolute atomic E-state index is 0.0111. The Morgan fingerprint density at radius 2 is 2.00 bits per heavy atom. The van der Waals surface area contributed by atoms with Gasteiger partial charge in [0.1, 0.15) is 0 Å². The average molecular weight is 345 g/mol. The summed E-state index contributed by atoms with van der Waals surface area (Å²) in [7, 11) is 4.04. The molecule has 3 rings (SSSR count). The zero-order valence-electron chi connectivity index (χ0n) is 15.7. The van der Waals surface area contributed by atoms with E-state index in [1.807, 2.05) is 31.1 Å². The number of urea groups is 1. The second-order valence-electron chi connectivity index (χ2n) is 8.25. The van der Waals surface area contributed by atoms with Crippen molar-refractivity contribution < 1.29 is 9.90 Å². The molecule has 1 aliphatic carbocycles. The molecular weight excluding hydrogens is 314 g/mol. The van der Waals surface area contributed by atoms with Crippen molar-refractivity contribution in [3.63, 3.8) is 0 Å². The van der Waals surface area contributed by atoms with Crippen LogP contribution in [0.2, 0.25) is 0 Å². The van der Waals surface area contributed by atoms with Crippen LogP contribution in [0.25, 0.3) is 0 Å². The first-order chi connectivity index (χ1) is 11.9. The molecule has 2 aliphatic rings. The molecule has 1 aliphatic heterocycles. The minimum atomic E-state index is -0.210. The van der Waals surface area contributed by atoms with Gasteiger partial charge in [0.2, 0.25) is 0 Å². The molecule has 0 unspecified atom stereocenters. The minimum Gasteiger partial charge on any atom is -0.396 e. The monoisotopic (exact) mass is 345 g/mol. The summed E-state index contributed by atoms with van der Waals surface area (Å²) in [4.78, 5) is 17.0. The standard InChI is InChI=1S/C20H31N3O2/c1-16-7-4-5-8-17(16)20(10-11-20)21-18(25)23-12-6-9-19(14-23,15-24)13-22(2)3/h4-5,7-8,24H,6,9-15H2,1-3H3,(H,21,25)/t19-/m1/s1.